The van der Waals surface area contributed by atoms with Crippen LogP contribution in [0.25, 0.3) is 0 Å². The van der Waals surface area contributed by atoms with Crippen LogP contribution in [0.3, 0.4) is 0 Å². The Morgan fingerprint density at radius 3 is 1.59 bits per heavy atom. The lowest BCUT2D eigenvalue weighted by Crippen LogP contribution is -2.67. The van der Waals surface area contributed by atoms with Crippen molar-refractivity contribution in [3.63, 3.8) is 0 Å². The molecule has 0 N–H and O–H groups in total. The van der Waals surface area contributed by atoms with Crippen LogP contribution in [0.4, 0.5) is 0 Å². The Morgan fingerprint density at radius 2 is 1.04 bits per heavy atom. The van der Waals surface area contributed by atoms with Crippen molar-refractivity contribution in [2.45, 2.75) is 220 Å². The standard InChI is InChI=1S/C53H78O20/c1-25-14-19-53(63-22-25)26(2)42-39(73-53)21-38-36-13-12-34-20-35(15-17-51(34,10)37(36)16-18-52(38,42)11)69-49-47(67-32(8)59)46(66-31(7)58)44(41(70-49)24-62-28(4)55)72-50-48(68-33(9)60)45(65-30(6)57)43(64-29(5)56)40(71-50)23-61-27(3)54/h25-26,34-50H,12-24H2,1-11H3/t25-,26+,34+,35+,36-,37+,38+,39+,40-,41-,42+,43-,44+,45+,46+,47-,48-,49-,50+,51+,52+,53-/m1/s1. The molecule has 0 radical (unpaired) electrons. The van der Waals surface area contributed by atoms with E-state index in [0.29, 0.717) is 54.3 Å². The van der Waals surface area contributed by atoms with Gasteiger partial charge in [-0.2, -0.15) is 0 Å². The number of esters is 7. The van der Waals surface area contributed by atoms with Gasteiger partial charge in [0.1, 0.15) is 31.5 Å². The Balaban J connectivity index is 1.03. The summed E-state index contributed by atoms with van der Waals surface area (Å²) in [6.45, 7) is 17.2. The summed E-state index contributed by atoms with van der Waals surface area (Å²) < 4.78 is 79.2. The fourth-order valence-electron chi connectivity index (χ4n) is 15.1. The molecule has 1 spiro atoms. The van der Waals surface area contributed by atoms with Gasteiger partial charge in [-0.3, -0.25) is 33.6 Å². The van der Waals surface area contributed by atoms with Gasteiger partial charge < -0.3 is 61.6 Å². The number of ether oxygens (including phenoxy) is 13. The van der Waals surface area contributed by atoms with Gasteiger partial charge in [-0.05, 0) is 104 Å². The maximum Gasteiger partial charge on any atom is 0.303 e. The Morgan fingerprint density at radius 1 is 0.521 bits per heavy atom. The molecule has 4 aliphatic heterocycles. The molecule has 410 valence electrons. The number of rotatable bonds is 13. The lowest BCUT2D eigenvalue weighted by atomic mass is 9.44. The third-order valence-electron chi connectivity index (χ3n) is 18.1. The highest BCUT2D eigenvalue weighted by atomic mass is 16.8. The van der Waals surface area contributed by atoms with Gasteiger partial charge in [0.2, 0.25) is 0 Å². The van der Waals surface area contributed by atoms with Crippen molar-refractivity contribution in [2.24, 2.45) is 52.3 Å². The fraction of sp³-hybridized carbons (Fsp3) is 0.868. The first-order valence-corrected chi connectivity index (χ1v) is 26.5. The summed E-state index contributed by atoms with van der Waals surface area (Å²) in [6.07, 6.45) is -5.52. The van der Waals surface area contributed by atoms with E-state index in [-0.39, 0.29) is 23.0 Å². The van der Waals surface area contributed by atoms with Crippen LogP contribution in [0.15, 0.2) is 0 Å². The number of carbonyl (C=O) groups is 7. The van der Waals surface area contributed by atoms with Crippen molar-refractivity contribution in [3.05, 3.63) is 0 Å². The Kier molecular flexibility index (Phi) is 16.6. The van der Waals surface area contributed by atoms with E-state index in [9.17, 15) is 33.6 Å². The SMILES string of the molecule is CC(=O)OC[C@H]1O[C@@H](O[C@H]2CC[C@@]3(C)[C@@H](CC[C@@H]4[C@@H]3CC[C@]3(C)[C@@H]5[C@H](C[C@@H]43)O[C@]3(CC[C@@H](C)CO3)[C@H]5C)C2)[C@H](OC(C)=O)[C@@H](OC(C)=O)[C@H]1O[C@@H]1O[C@H](COC(C)=O)[C@@H](OC(C)=O)[C@H](OC(C)=O)[C@H]1OC(C)=O. The number of fused-ring (bicyclic) bond motifs is 7. The maximum atomic E-state index is 13.1. The summed E-state index contributed by atoms with van der Waals surface area (Å²) >= 11 is 0. The van der Waals surface area contributed by atoms with Crippen LogP contribution in [0.2, 0.25) is 0 Å². The van der Waals surface area contributed by atoms with E-state index in [1.54, 1.807) is 0 Å². The van der Waals surface area contributed by atoms with Crippen LogP contribution >= 0.6 is 0 Å². The summed E-state index contributed by atoms with van der Waals surface area (Å²) in [5.74, 6) is -2.67. The van der Waals surface area contributed by atoms with Crippen molar-refractivity contribution in [3.8, 4) is 0 Å². The Hall–Kier alpha value is -3.95. The lowest BCUT2D eigenvalue weighted by molar-refractivity contribution is -0.365. The molecule has 4 heterocycles. The zero-order chi connectivity index (χ0) is 52.9. The van der Waals surface area contributed by atoms with Gasteiger partial charge in [-0.25, -0.2) is 0 Å². The van der Waals surface area contributed by atoms with Gasteiger partial charge in [0.25, 0.3) is 0 Å². The van der Waals surface area contributed by atoms with Crippen LogP contribution < -0.4 is 0 Å². The summed E-state index contributed by atoms with van der Waals surface area (Å²) in [5.41, 5.74) is 0.242. The average Bonchev–Trinajstić information content (AvgIpc) is 3.75. The molecular formula is C53H78O20. The fourth-order valence-corrected chi connectivity index (χ4v) is 15.1. The molecule has 0 amide bonds. The van der Waals surface area contributed by atoms with Gasteiger partial charge in [-0.15, -0.1) is 0 Å². The topological polar surface area (TPSA) is 239 Å². The van der Waals surface area contributed by atoms with Crippen molar-refractivity contribution in [1.29, 1.82) is 0 Å². The highest BCUT2D eigenvalue weighted by Gasteiger charge is 2.69. The molecule has 4 saturated heterocycles. The molecule has 4 aliphatic carbocycles. The predicted molar refractivity (Wildman–Crippen MR) is 250 cm³/mol. The number of hydrogen-bond acceptors (Lipinski definition) is 20. The van der Waals surface area contributed by atoms with E-state index >= 15 is 0 Å². The number of hydrogen-bond donors (Lipinski definition) is 0. The summed E-state index contributed by atoms with van der Waals surface area (Å²) in [5, 5.41) is 0. The maximum absolute atomic E-state index is 13.1. The van der Waals surface area contributed by atoms with Gasteiger partial charge >= 0.3 is 41.8 Å². The molecular weight excluding hydrogens is 957 g/mol. The summed E-state index contributed by atoms with van der Waals surface area (Å²) in [6, 6.07) is 0. The van der Waals surface area contributed by atoms with E-state index in [0.717, 1.165) is 92.6 Å². The smallest absolute Gasteiger partial charge is 0.303 e. The molecule has 73 heavy (non-hydrogen) atoms. The zero-order valence-corrected chi connectivity index (χ0v) is 44.3. The van der Waals surface area contributed by atoms with Crippen molar-refractivity contribution in [2.75, 3.05) is 19.8 Å². The first-order chi connectivity index (χ1) is 34.4. The first-order valence-electron chi connectivity index (χ1n) is 26.5. The van der Waals surface area contributed by atoms with Crippen LogP contribution in [0, 0.1) is 52.3 Å². The minimum atomic E-state index is -1.78. The van der Waals surface area contributed by atoms with Crippen LogP contribution in [0.1, 0.15) is 140 Å². The third-order valence-corrected chi connectivity index (χ3v) is 18.1. The quantitative estimate of drug-likeness (QED) is 0.127. The molecule has 0 aromatic rings. The van der Waals surface area contributed by atoms with Gasteiger partial charge in [0.05, 0.1) is 18.8 Å². The second kappa shape index (κ2) is 22.0. The normalized spacial score (nSPS) is 44.7. The monoisotopic (exact) mass is 1030 g/mol. The van der Waals surface area contributed by atoms with Gasteiger partial charge in [-0.1, -0.05) is 27.7 Å². The third kappa shape index (κ3) is 11.3. The van der Waals surface area contributed by atoms with E-state index in [2.05, 4.69) is 27.7 Å². The van der Waals surface area contributed by atoms with E-state index in [4.69, 9.17) is 61.6 Å². The van der Waals surface area contributed by atoms with Crippen molar-refractivity contribution < 1.29 is 95.1 Å². The molecule has 8 rings (SSSR count). The van der Waals surface area contributed by atoms with E-state index < -0.39 is 122 Å². The molecule has 8 fully saturated rings. The molecule has 20 heteroatoms. The molecule has 4 saturated carbocycles. The van der Waals surface area contributed by atoms with Crippen molar-refractivity contribution >= 4 is 41.8 Å². The zero-order valence-electron chi connectivity index (χ0n) is 44.3. The molecule has 0 aromatic heterocycles. The van der Waals surface area contributed by atoms with Crippen LogP contribution in [-0.2, 0) is 95.1 Å². The van der Waals surface area contributed by atoms with Crippen LogP contribution in [-0.4, -0.2) is 141 Å². The number of carbonyl (C=O) groups excluding carboxylic acids is 7. The second-order valence-corrected chi connectivity index (χ2v) is 22.9. The highest BCUT2D eigenvalue weighted by molar-refractivity contribution is 5.69. The van der Waals surface area contributed by atoms with Crippen LogP contribution in [0.5, 0.6) is 0 Å². The minimum absolute atomic E-state index is 0.0577. The van der Waals surface area contributed by atoms with E-state index in [1.165, 1.54) is 13.8 Å². The van der Waals surface area contributed by atoms with Gasteiger partial charge in [0, 0.05) is 60.8 Å². The molecule has 0 unspecified atom stereocenters. The minimum Gasteiger partial charge on any atom is -0.463 e. The molecule has 22 atom stereocenters. The average molecular weight is 1040 g/mol. The highest BCUT2D eigenvalue weighted by Crippen LogP contribution is 2.71. The molecule has 0 aromatic carbocycles. The molecule has 8 aliphatic rings. The first kappa shape index (κ1) is 55.3. The largest absolute Gasteiger partial charge is 0.463 e. The van der Waals surface area contributed by atoms with E-state index in [1.807, 2.05) is 0 Å². The molecule has 20 nitrogen and oxygen atoms in total. The van der Waals surface area contributed by atoms with Crippen molar-refractivity contribution in [1.82, 2.24) is 0 Å². The predicted octanol–water partition coefficient (Wildman–Crippen LogP) is 5.44. The Labute approximate surface area is 427 Å². The van der Waals surface area contributed by atoms with Gasteiger partial charge in [0.15, 0.2) is 48.9 Å². The Bertz CT molecular complexity index is 2070. The molecule has 0 bridgehead atoms. The summed E-state index contributed by atoms with van der Waals surface area (Å²) in [4.78, 5) is 88.3. The second-order valence-electron chi connectivity index (χ2n) is 22.9. The summed E-state index contributed by atoms with van der Waals surface area (Å²) in [7, 11) is 0. The lowest BCUT2D eigenvalue weighted by Gasteiger charge is -2.61.